The van der Waals surface area contributed by atoms with Crippen LogP contribution < -0.4 is 5.32 Å². The van der Waals surface area contributed by atoms with Crippen LogP contribution in [0.4, 0.5) is 0 Å². The highest BCUT2D eigenvalue weighted by molar-refractivity contribution is 7.92. The van der Waals surface area contributed by atoms with E-state index in [4.69, 9.17) is 23.2 Å². The van der Waals surface area contributed by atoms with E-state index in [9.17, 15) is 13.2 Å². The number of halogens is 2. The summed E-state index contributed by atoms with van der Waals surface area (Å²) in [4.78, 5) is 13.4. The van der Waals surface area contributed by atoms with E-state index < -0.39 is 25.8 Å². The SMILES string of the molecule is C=CC[C@]1(C)C[C@H](c2cccc(Cl)c2)[C@@H](C(C)C(C)C(c2ccc(Cl)cc2)S(=O)(=O)C(C)C)NC1=O. The van der Waals surface area contributed by atoms with Crippen molar-refractivity contribution in [3.05, 3.63) is 82.4 Å². The molecule has 1 fully saturated rings. The van der Waals surface area contributed by atoms with Gasteiger partial charge in [-0.2, -0.15) is 0 Å². The predicted molar refractivity (Wildman–Crippen MR) is 150 cm³/mol. The molecule has 4 nitrogen and oxygen atoms in total. The second kappa shape index (κ2) is 11.3. The summed E-state index contributed by atoms with van der Waals surface area (Å²) in [5.74, 6) is -0.495. The number of carbonyl (C=O) groups excluding carboxylic acids is 1. The first kappa shape index (κ1) is 28.7. The highest BCUT2D eigenvalue weighted by Crippen LogP contribution is 2.47. The molecule has 0 aliphatic carbocycles. The molecule has 3 unspecified atom stereocenters. The highest BCUT2D eigenvalue weighted by atomic mass is 35.5. The first-order valence-electron chi connectivity index (χ1n) is 12.5. The Morgan fingerprint density at radius 1 is 1.08 bits per heavy atom. The second-order valence-corrected chi connectivity index (χ2v) is 14.2. The first-order chi connectivity index (χ1) is 16.8. The number of carbonyl (C=O) groups is 1. The van der Waals surface area contributed by atoms with Crippen molar-refractivity contribution in [2.24, 2.45) is 17.3 Å². The Labute approximate surface area is 226 Å². The van der Waals surface area contributed by atoms with Crippen LogP contribution in [0, 0.1) is 17.3 Å². The fraction of sp³-hybridized carbons (Fsp3) is 0.483. The van der Waals surface area contributed by atoms with Crippen LogP contribution in [0.25, 0.3) is 0 Å². The number of nitrogens with one attached hydrogen (secondary N) is 1. The van der Waals surface area contributed by atoms with Gasteiger partial charge in [-0.25, -0.2) is 8.42 Å². The Morgan fingerprint density at radius 3 is 2.28 bits per heavy atom. The van der Waals surface area contributed by atoms with E-state index in [2.05, 4.69) is 11.9 Å². The zero-order chi connectivity index (χ0) is 26.8. The van der Waals surface area contributed by atoms with Crippen LogP contribution in [-0.4, -0.2) is 25.6 Å². The molecule has 0 bridgehead atoms. The van der Waals surface area contributed by atoms with Gasteiger partial charge in [-0.3, -0.25) is 4.79 Å². The van der Waals surface area contributed by atoms with Crippen LogP contribution >= 0.6 is 23.2 Å². The van der Waals surface area contributed by atoms with Gasteiger partial charge in [-0.1, -0.05) is 74.3 Å². The molecule has 1 N–H and O–H groups in total. The van der Waals surface area contributed by atoms with Crippen molar-refractivity contribution in [1.29, 1.82) is 0 Å². The van der Waals surface area contributed by atoms with Gasteiger partial charge in [-0.05, 0) is 73.9 Å². The van der Waals surface area contributed by atoms with Crippen molar-refractivity contribution in [2.45, 2.75) is 69.9 Å². The monoisotopic (exact) mass is 549 g/mol. The third-order valence-corrected chi connectivity index (χ3v) is 11.1. The van der Waals surface area contributed by atoms with Crippen molar-refractivity contribution >= 4 is 38.9 Å². The molecule has 3 rings (SSSR count). The lowest BCUT2D eigenvalue weighted by Crippen LogP contribution is -2.56. The van der Waals surface area contributed by atoms with Crippen molar-refractivity contribution in [3.8, 4) is 0 Å². The minimum absolute atomic E-state index is 0.0283. The number of hydrogen-bond acceptors (Lipinski definition) is 3. The molecule has 6 atom stereocenters. The molecular formula is C29H37Cl2NO3S. The maximum atomic E-state index is 13.6. The van der Waals surface area contributed by atoms with E-state index in [1.807, 2.05) is 45.0 Å². The summed E-state index contributed by atoms with van der Waals surface area (Å²) in [5, 5.41) is 3.20. The Balaban J connectivity index is 2.07. The van der Waals surface area contributed by atoms with Gasteiger partial charge in [0.05, 0.1) is 15.9 Å². The van der Waals surface area contributed by atoms with Crippen LogP contribution in [0.5, 0.6) is 0 Å². The fourth-order valence-corrected chi connectivity index (χ4v) is 7.82. The largest absolute Gasteiger partial charge is 0.352 e. The molecule has 1 heterocycles. The molecule has 2 aromatic carbocycles. The van der Waals surface area contributed by atoms with Gasteiger partial charge in [0.25, 0.3) is 0 Å². The second-order valence-electron chi connectivity index (χ2n) is 10.7. The molecule has 2 aromatic rings. The predicted octanol–water partition coefficient (Wildman–Crippen LogP) is 7.38. The Bertz CT molecular complexity index is 1200. The van der Waals surface area contributed by atoms with E-state index in [-0.39, 0.29) is 29.7 Å². The molecule has 196 valence electrons. The smallest absolute Gasteiger partial charge is 0.226 e. The van der Waals surface area contributed by atoms with E-state index in [0.29, 0.717) is 28.5 Å². The molecule has 36 heavy (non-hydrogen) atoms. The molecule has 0 saturated carbocycles. The zero-order valence-corrected chi connectivity index (χ0v) is 24.0. The highest BCUT2D eigenvalue weighted by Gasteiger charge is 2.48. The summed E-state index contributed by atoms with van der Waals surface area (Å²) < 4.78 is 27.3. The number of sulfone groups is 1. The maximum Gasteiger partial charge on any atom is 0.226 e. The minimum atomic E-state index is -3.51. The number of allylic oxidation sites excluding steroid dienone is 1. The molecule has 0 spiro atoms. The van der Waals surface area contributed by atoms with Crippen LogP contribution in [0.3, 0.4) is 0 Å². The molecule has 1 saturated heterocycles. The van der Waals surface area contributed by atoms with Crippen LogP contribution in [0.2, 0.25) is 10.0 Å². The standard InChI is InChI=1S/C29H37Cl2NO3S/c1-7-15-29(6)17-25(22-9-8-10-24(31)16-22)26(32-28(29)33)19(4)20(5)27(36(34,35)18(2)3)21-11-13-23(30)14-12-21/h7-14,16,18-20,25-27H,1,15,17H2,2-6H3,(H,32,33)/t19?,20?,25-,26-,27?,29-/m1/s1. The van der Waals surface area contributed by atoms with E-state index in [1.165, 1.54) is 0 Å². The third-order valence-electron chi connectivity index (χ3n) is 7.90. The fourth-order valence-electron chi connectivity index (χ4n) is 5.53. The number of benzene rings is 2. The van der Waals surface area contributed by atoms with Crippen LogP contribution in [-0.2, 0) is 14.6 Å². The Kier molecular flexibility index (Phi) is 9.01. The summed E-state index contributed by atoms with van der Waals surface area (Å²) in [6.07, 6.45) is 2.96. The van der Waals surface area contributed by atoms with Gasteiger partial charge < -0.3 is 5.32 Å². The third kappa shape index (κ3) is 5.84. The number of hydrogen-bond donors (Lipinski definition) is 1. The van der Waals surface area contributed by atoms with Gasteiger partial charge in [0.15, 0.2) is 9.84 Å². The zero-order valence-electron chi connectivity index (χ0n) is 21.7. The van der Waals surface area contributed by atoms with E-state index >= 15 is 0 Å². The van der Waals surface area contributed by atoms with Gasteiger partial charge in [0, 0.05) is 22.0 Å². The summed E-state index contributed by atoms with van der Waals surface area (Å²) in [6, 6.07) is 14.5. The van der Waals surface area contributed by atoms with Gasteiger partial charge >= 0.3 is 0 Å². The number of amides is 1. The summed E-state index contributed by atoms with van der Waals surface area (Å²) in [7, 11) is -3.51. The van der Waals surface area contributed by atoms with Crippen LogP contribution in [0.1, 0.15) is 69.8 Å². The van der Waals surface area contributed by atoms with Crippen molar-refractivity contribution < 1.29 is 13.2 Å². The molecule has 1 aliphatic rings. The molecule has 0 radical (unpaired) electrons. The van der Waals surface area contributed by atoms with Crippen molar-refractivity contribution in [3.63, 3.8) is 0 Å². The van der Waals surface area contributed by atoms with Crippen molar-refractivity contribution in [2.75, 3.05) is 0 Å². The maximum absolute atomic E-state index is 13.6. The summed E-state index contributed by atoms with van der Waals surface area (Å²) in [5.41, 5.74) is 1.15. The quantitative estimate of drug-likeness (QED) is 0.331. The topological polar surface area (TPSA) is 63.2 Å². The average Bonchev–Trinajstić information content (AvgIpc) is 2.81. The summed E-state index contributed by atoms with van der Waals surface area (Å²) in [6.45, 7) is 13.3. The number of rotatable bonds is 9. The lowest BCUT2D eigenvalue weighted by atomic mass is 9.66. The normalized spacial score (nSPS) is 25.2. The Hall–Kier alpha value is -1.82. The molecule has 1 aliphatic heterocycles. The minimum Gasteiger partial charge on any atom is -0.352 e. The summed E-state index contributed by atoms with van der Waals surface area (Å²) >= 11 is 12.5. The van der Waals surface area contributed by atoms with E-state index in [1.54, 1.807) is 44.2 Å². The molecule has 7 heteroatoms. The van der Waals surface area contributed by atoms with E-state index in [0.717, 1.165) is 5.56 Å². The lowest BCUT2D eigenvalue weighted by molar-refractivity contribution is -0.135. The first-order valence-corrected chi connectivity index (χ1v) is 14.8. The average molecular weight is 551 g/mol. The lowest BCUT2D eigenvalue weighted by Gasteiger charge is -2.46. The number of piperidine rings is 1. The van der Waals surface area contributed by atoms with Gasteiger partial charge in [0.2, 0.25) is 5.91 Å². The molecular weight excluding hydrogens is 513 g/mol. The van der Waals surface area contributed by atoms with Crippen molar-refractivity contribution in [1.82, 2.24) is 5.32 Å². The van der Waals surface area contributed by atoms with Crippen LogP contribution in [0.15, 0.2) is 61.2 Å². The Morgan fingerprint density at radius 2 is 1.72 bits per heavy atom. The molecule has 0 aromatic heterocycles. The van der Waals surface area contributed by atoms with Gasteiger partial charge in [0.1, 0.15) is 0 Å². The molecule has 1 amide bonds. The van der Waals surface area contributed by atoms with Gasteiger partial charge in [-0.15, -0.1) is 6.58 Å².